The Labute approximate surface area is 138 Å². The van der Waals surface area contributed by atoms with Crippen molar-refractivity contribution in [3.8, 4) is 0 Å². The Morgan fingerprint density at radius 1 is 1.42 bits per heavy atom. The molecule has 0 aromatic carbocycles. The van der Waals surface area contributed by atoms with E-state index in [0.717, 1.165) is 21.4 Å². The first-order valence-corrected chi connectivity index (χ1v) is 7.92. The van der Waals surface area contributed by atoms with Crippen LogP contribution in [0.1, 0.15) is 33.4 Å². The molecule has 0 saturated carbocycles. The van der Waals surface area contributed by atoms with E-state index < -0.39 is 29.6 Å². The predicted octanol–water partition coefficient (Wildman–Crippen LogP) is 0.348. The average molecular weight is 338 g/mol. The highest BCUT2D eigenvalue weighted by Gasteiger charge is 2.41. The molecule has 1 aromatic rings. The lowest BCUT2D eigenvalue weighted by molar-refractivity contribution is -0.137. The Morgan fingerprint density at radius 2 is 2.12 bits per heavy atom. The van der Waals surface area contributed by atoms with Crippen molar-refractivity contribution in [1.29, 1.82) is 0 Å². The van der Waals surface area contributed by atoms with Crippen LogP contribution in [0.5, 0.6) is 0 Å². The van der Waals surface area contributed by atoms with Crippen LogP contribution in [0.4, 0.5) is 0 Å². The van der Waals surface area contributed by atoms with Crippen molar-refractivity contribution in [3.63, 3.8) is 0 Å². The van der Waals surface area contributed by atoms with Crippen LogP contribution in [0, 0.1) is 5.92 Å². The number of aliphatic hydroxyl groups excluding tert-OH is 1. The van der Waals surface area contributed by atoms with Gasteiger partial charge in [0.15, 0.2) is 6.23 Å². The Hall–Kier alpha value is -2.19. The summed E-state index contributed by atoms with van der Waals surface area (Å²) in [7, 11) is 0. The number of aromatic nitrogens is 2. The first-order chi connectivity index (χ1) is 11.4. The van der Waals surface area contributed by atoms with Crippen LogP contribution in [-0.4, -0.2) is 39.0 Å². The van der Waals surface area contributed by atoms with Crippen LogP contribution < -0.4 is 11.2 Å². The monoisotopic (exact) mass is 338 g/mol. The minimum Gasteiger partial charge on any atom is -0.463 e. The third-order valence-corrected chi connectivity index (χ3v) is 4.10. The van der Waals surface area contributed by atoms with Gasteiger partial charge in [-0.15, -0.1) is 0 Å². The van der Waals surface area contributed by atoms with Gasteiger partial charge in [0.25, 0.3) is 5.56 Å². The molecule has 0 radical (unpaired) electrons. The SMILES string of the molecule is CCOC(=O)/C=C/n1c(=O)ccn([C@@H]2O[C@H](CC)[C@@H](C)[C@H]2O)c1=O. The summed E-state index contributed by atoms with van der Waals surface area (Å²) in [5.41, 5.74) is -1.29. The molecule has 4 atom stereocenters. The van der Waals surface area contributed by atoms with Crippen molar-refractivity contribution in [2.75, 3.05) is 6.61 Å². The van der Waals surface area contributed by atoms with Gasteiger partial charge in [-0.3, -0.25) is 9.36 Å². The fourth-order valence-corrected chi connectivity index (χ4v) is 2.72. The van der Waals surface area contributed by atoms with Gasteiger partial charge >= 0.3 is 11.7 Å². The Bertz CT molecular complexity index is 735. The summed E-state index contributed by atoms with van der Waals surface area (Å²) in [6.07, 6.45) is 2.13. The van der Waals surface area contributed by atoms with Gasteiger partial charge in [-0.25, -0.2) is 14.2 Å². The molecule has 0 unspecified atom stereocenters. The molecule has 0 spiro atoms. The van der Waals surface area contributed by atoms with Crippen LogP contribution in [0.2, 0.25) is 0 Å². The highest BCUT2D eigenvalue weighted by Crippen LogP contribution is 2.34. The highest BCUT2D eigenvalue weighted by molar-refractivity contribution is 5.84. The molecule has 0 bridgehead atoms. The van der Waals surface area contributed by atoms with Gasteiger partial charge in [0, 0.05) is 30.5 Å². The molecule has 1 fully saturated rings. The van der Waals surface area contributed by atoms with Crippen molar-refractivity contribution in [3.05, 3.63) is 39.2 Å². The number of hydrogen-bond acceptors (Lipinski definition) is 6. The zero-order valence-electron chi connectivity index (χ0n) is 13.9. The van der Waals surface area contributed by atoms with E-state index in [1.165, 1.54) is 12.3 Å². The second kappa shape index (κ2) is 7.59. The number of carbonyl (C=O) groups is 1. The number of carbonyl (C=O) groups excluding carboxylic acids is 1. The minimum absolute atomic E-state index is 0.137. The van der Waals surface area contributed by atoms with Crippen LogP contribution in [0.15, 0.2) is 27.9 Å². The third-order valence-electron chi connectivity index (χ3n) is 4.10. The summed E-state index contributed by atoms with van der Waals surface area (Å²) >= 11 is 0. The summed E-state index contributed by atoms with van der Waals surface area (Å²) in [5.74, 6) is -0.793. The van der Waals surface area contributed by atoms with Crippen LogP contribution in [-0.2, 0) is 14.3 Å². The fourth-order valence-electron chi connectivity index (χ4n) is 2.72. The second-order valence-electron chi connectivity index (χ2n) is 5.60. The van der Waals surface area contributed by atoms with E-state index in [1.54, 1.807) is 6.92 Å². The lowest BCUT2D eigenvalue weighted by Gasteiger charge is -2.18. The maximum absolute atomic E-state index is 12.5. The van der Waals surface area contributed by atoms with Gasteiger partial charge in [0.05, 0.1) is 12.7 Å². The lowest BCUT2D eigenvalue weighted by Crippen LogP contribution is -2.40. The van der Waals surface area contributed by atoms with Crippen molar-refractivity contribution < 1.29 is 19.4 Å². The number of aliphatic hydroxyl groups is 1. The minimum atomic E-state index is -0.875. The van der Waals surface area contributed by atoms with Gasteiger partial charge in [0.2, 0.25) is 0 Å². The quantitative estimate of drug-likeness (QED) is 0.614. The normalized spacial score (nSPS) is 26.8. The smallest absolute Gasteiger partial charge is 0.337 e. The molecule has 1 N–H and O–H groups in total. The van der Waals surface area contributed by atoms with Crippen LogP contribution >= 0.6 is 0 Å². The first-order valence-electron chi connectivity index (χ1n) is 7.92. The van der Waals surface area contributed by atoms with E-state index in [-0.39, 0.29) is 18.6 Å². The molecule has 0 amide bonds. The van der Waals surface area contributed by atoms with Crippen LogP contribution in [0.3, 0.4) is 0 Å². The maximum Gasteiger partial charge on any atom is 0.337 e. The predicted molar refractivity (Wildman–Crippen MR) is 86.3 cm³/mol. The van der Waals surface area contributed by atoms with Gasteiger partial charge in [-0.1, -0.05) is 13.8 Å². The molecule has 8 nitrogen and oxygen atoms in total. The molecule has 0 aliphatic carbocycles. The average Bonchev–Trinajstić information content (AvgIpc) is 2.83. The van der Waals surface area contributed by atoms with E-state index in [0.29, 0.717) is 6.42 Å². The van der Waals surface area contributed by atoms with E-state index in [2.05, 4.69) is 0 Å². The topological polar surface area (TPSA) is 99.8 Å². The number of hydrogen-bond donors (Lipinski definition) is 1. The largest absolute Gasteiger partial charge is 0.463 e. The molecule has 132 valence electrons. The fraction of sp³-hybridized carbons (Fsp3) is 0.562. The number of rotatable bonds is 5. The molecule has 8 heteroatoms. The maximum atomic E-state index is 12.5. The highest BCUT2D eigenvalue weighted by atomic mass is 16.5. The number of ether oxygens (including phenoxy) is 2. The van der Waals surface area contributed by atoms with Gasteiger partial charge in [0.1, 0.15) is 6.10 Å². The molecule has 1 aliphatic heterocycles. The van der Waals surface area contributed by atoms with Crippen LogP contribution in [0.25, 0.3) is 6.20 Å². The first kappa shape index (κ1) is 18.2. The zero-order valence-corrected chi connectivity index (χ0v) is 13.9. The lowest BCUT2D eigenvalue weighted by atomic mass is 9.99. The molecule has 24 heavy (non-hydrogen) atoms. The summed E-state index contributed by atoms with van der Waals surface area (Å²) in [5, 5.41) is 10.3. The molecule has 1 aromatic heterocycles. The molecular formula is C16H22N2O6. The zero-order chi connectivity index (χ0) is 17.9. The van der Waals surface area contributed by atoms with E-state index in [4.69, 9.17) is 9.47 Å². The van der Waals surface area contributed by atoms with E-state index >= 15 is 0 Å². The van der Waals surface area contributed by atoms with Crippen molar-refractivity contribution in [2.24, 2.45) is 5.92 Å². The number of esters is 1. The summed E-state index contributed by atoms with van der Waals surface area (Å²) in [6.45, 7) is 5.62. The summed E-state index contributed by atoms with van der Waals surface area (Å²) < 4.78 is 12.4. The Balaban J connectivity index is 2.37. The van der Waals surface area contributed by atoms with Crippen molar-refractivity contribution >= 4 is 12.2 Å². The summed E-state index contributed by atoms with van der Waals surface area (Å²) in [6, 6.07) is 1.18. The number of nitrogens with zero attached hydrogens (tertiary/aromatic N) is 2. The Morgan fingerprint density at radius 3 is 2.71 bits per heavy atom. The van der Waals surface area contributed by atoms with Crippen molar-refractivity contribution in [1.82, 2.24) is 9.13 Å². The van der Waals surface area contributed by atoms with Gasteiger partial charge in [-0.2, -0.15) is 0 Å². The standard InChI is InChI=1S/C16H22N2O6/c1-4-11-10(3)14(21)15(24-11)18-8-6-12(19)17(16(18)22)9-7-13(20)23-5-2/h6-11,14-15,21H,4-5H2,1-3H3/b9-7+/t10-,11-,14-,15-/m1/s1. The third kappa shape index (κ3) is 3.49. The molecule has 1 aliphatic rings. The molecule has 2 rings (SSSR count). The van der Waals surface area contributed by atoms with E-state index in [1.807, 2.05) is 13.8 Å². The van der Waals surface area contributed by atoms with Crippen molar-refractivity contribution in [2.45, 2.75) is 45.6 Å². The van der Waals surface area contributed by atoms with Gasteiger partial charge in [-0.05, 0) is 13.3 Å². The van der Waals surface area contributed by atoms with E-state index in [9.17, 15) is 19.5 Å². The molecule has 1 saturated heterocycles. The second-order valence-corrected chi connectivity index (χ2v) is 5.60. The molecule has 2 heterocycles. The van der Waals surface area contributed by atoms with Gasteiger partial charge < -0.3 is 14.6 Å². The summed E-state index contributed by atoms with van der Waals surface area (Å²) in [4.78, 5) is 35.8. The molecular weight excluding hydrogens is 316 g/mol. The Kier molecular flexibility index (Phi) is 5.74.